The van der Waals surface area contributed by atoms with Gasteiger partial charge in [0.25, 0.3) is 0 Å². The van der Waals surface area contributed by atoms with Crippen molar-refractivity contribution in [2.45, 2.75) is 44.1 Å². The lowest BCUT2D eigenvalue weighted by molar-refractivity contribution is -0.122. The summed E-state index contributed by atoms with van der Waals surface area (Å²) in [4.78, 5) is 20.4. The van der Waals surface area contributed by atoms with Crippen LogP contribution >= 0.6 is 11.6 Å². The van der Waals surface area contributed by atoms with Gasteiger partial charge in [-0.3, -0.25) is 9.78 Å². The number of hydrogen-bond acceptors (Lipinski definition) is 5. The van der Waals surface area contributed by atoms with Crippen LogP contribution in [0.1, 0.15) is 43.2 Å². The number of halogens is 1. The van der Waals surface area contributed by atoms with Crippen LogP contribution in [0, 0.1) is 16.7 Å². The van der Waals surface area contributed by atoms with Gasteiger partial charge in [0.2, 0.25) is 15.9 Å². The summed E-state index contributed by atoms with van der Waals surface area (Å²) in [6, 6.07) is 15.5. The molecule has 0 N–H and O–H groups in total. The van der Waals surface area contributed by atoms with Gasteiger partial charge >= 0.3 is 0 Å². The second-order valence-corrected chi connectivity index (χ2v) is 13.0. The molecule has 1 amide bonds. The first-order valence-corrected chi connectivity index (χ1v) is 14.6. The molecule has 190 valence electrons. The highest BCUT2D eigenvalue weighted by Crippen LogP contribution is 2.47. The molecule has 1 saturated carbocycles. The molecule has 37 heavy (non-hydrogen) atoms. The molecular formula is C28H27ClN4O3S. The van der Waals surface area contributed by atoms with E-state index in [1.807, 2.05) is 36.4 Å². The number of carbonyl (C=O) groups excluding carboxylic acids is 1. The Morgan fingerprint density at radius 2 is 1.86 bits per heavy atom. The zero-order valence-corrected chi connectivity index (χ0v) is 21.9. The Morgan fingerprint density at radius 1 is 1.08 bits per heavy atom. The molecule has 0 bridgehead atoms. The van der Waals surface area contributed by atoms with Crippen molar-refractivity contribution in [3.63, 3.8) is 0 Å². The minimum atomic E-state index is -3.80. The van der Waals surface area contributed by atoms with Crippen LogP contribution in [0.4, 0.5) is 5.69 Å². The summed E-state index contributed by atoms with van der Waals surface area (Å²) in [5.74, 6) is -0.356. The number of amides is 1. The maximum atomic E-state index is 14.3. The smallest absolute Gasteiger partial charge is 0.239 e. The number of benzene rings is 2. The molecule has 2 aliphatic heterocycles. The molecule has 9 heteroatoms. The number of rotatable bonds is 4. The van der Waals surface area contributed by atoms with Crippen LogP contribution in [0.5, 0.6) is 0 Å². The first-order valence-electron chi connectivity index (χ1n) is 12.6. The molecule has 1 unspecified atom stereocenters. The molecule has 3 heterocycles. The monoisotopic (exact) mass is 534 g/mol. The Bertz CT molecular complexity index is 1560. The second kappa shape index (κ2) is 8.80. The van der Waals surface area contributed by atoms with Crippen molar-refractivity contribution in [1.29, 1.82) is 5.26 Å². The van der Waals surface area contributed by atoms with E-state index in [1.165, 1.54) is 4.31 Å². The highest BCUT2D eigenvalue weighted by molar-refractivity contribution is 7.89. The highest BCUT2D eigenvalue weighted by Gasteiger charge is 2.55. The van der Waals surface area contributed by atoms with E-state index in [0.717, 1.165) is 40.4 Å². The lowest BCUT2D eigenvalue weighted by Gasteiger charge is -2.41. The Labute approximate surface area is 221 Å². The van der Waals surface area contributed by atoms with Crippen molar-refractivity contribution >= 4 is 44.0 Å². The van der Waals surface area contributed by atoms with Crippen LogP contribution in [0.15, 0.2) is 54.9 Å². The fourth-order valence-electron chi connectivity index (χ4n) is 6.45. The molecule has 1 aromatic heterocycles. The van der Waals surface area contributed by atoms with E-state index in [9.17, 15) is 18.5 Å². The number of carbonyl (C=O) groups is 1. The fraction of sp³-hybridized carbons (Fsp3) is 0.393. The Morgan fingerprint density at radius 3 is 2.65 bits per heavy atom. The third kappa shape index (κ3) is 3.92. The van der Waals surface area contributed by atoms with Crippen LogP contribution in [-0.2, 0) is 26.8 Å². The molecular weight excluding hydrogens is 508 g/mol. The maximum absolute atomic E-state index is 14.3. The highest BCUT2D eigenvalue weighted by atomic mass is 35.5. The SMILES string of the molecule is N#CC1(CS(=O)(=O)N2Cc3ccc(Cl)cc3C3(CCN(c4cncc5ccccc45)C3=O)C2)CCCC1. The van der Waals surface area contributed by atoms with E-state index in [2.05, 4.69) is 11.1 Å². The van der Waals surface area contributed by atoms with Crippen LogP contribution < -0.4 is 4.90 Å². The van der Waals surface area contributed by atoms with Gasteiger partial charge in [0, 0.05) is 41.6 Å². The fourth-order valence-corrected chi connectivity index (χ4v) is 8.61. The first kappa shape index (κ1) is 24.4. The summed E-state index contributed by atoms with van der Waals surface area (Å²) in [5, 5.41) is 12.2. The number of fused-ring (bicyclic) bond motifs is 3. The van der Waals surface area contributed by atoms with Gasteiger partial charge in [0.05, 0.1) is 34.5 Å². The van der Waals surface area contributed by atoms with Crippen LogP contribution in [-0.4, -0.2) is 42.5 Å². The Kier molecular flexibility index (Phi) is 5.79. The van der Waals surface area contributed by atoms with E-state index < -0.39 is 20.9 Å². The average Bonchev–Trinajstić information content (AvgIpc) is 3.49. The van der Waals surface area contributed by atoms with Gasteiger partial charge in [-0.25, -0.2) is 8.42 Å². The Balaban J connectivity index is 1.42. The number of aromatic nitrogens is 1. The molecule has 3 aliphatic rings. The van der Waals surface area contributed by atoms with E-state index in [4.69, 9.17) is 11.6 Å². The van der Waals surface area contributed by atoms with Gasteiger partial charge in [-0.05, 0) is 42.5 Å². The van der Waals surface area contributed by atoms with Gasteiger partial charge in [-0.1, -0.05) is 54.8 Å². The van der Waals surface area contributed by atoms with E-state index in [0.29, 0.717) is 30.8 Å². The third-order valence-corrected chi connectivity index (χ3v) is 10.6. The van der Waals surface area contributed by atoms with Crippen molar-refractivity contribution in [2.24, 2.45) is 5.41 Å². The predicted molar refractivity (Wildman–Crippen MR) is 143 cm³/mol. The van der Waals surface area contributed by atoms with Crippen molar-refractivity contribution in [3.8, 4) is 6.07 Å². The number of anilines is 1. The zero-order valence-electron chi connectivity index (χ0n) is 20.4. The molecule has 2 fully saturated rings. The summed E-state index contributed by atoms with van der Waals surface area (Å²) >= 11 is 6.39. The normalized spacial score (nSPS) is 23.5. The predicted octanol–water partition coefficient (Wildman–Crippen LogP) is 4.79. The molecule has 1 saturated heterocycles. The van der Waals surface area contributed by atoms with Gasteiger partial charge in [0.1, 0.15) is 0 Å². The summed E-state index contributed by atoms with van der Waals surface area (Å²) in [6.45, 7) is 0.648. The van der Waals surface area contributed by atoms with Crippen molar-refractivity contribution in [3.05, 3.63) is 71.0 Å². The summed E-state index contributed by atoms with van der Waals surface area (Å²) in [6.07, 6.45) is 6.84. The molecule has 0 radical (unpaired) electrons. The van der Waals surface area contributed by atoms with Crippen molar-refractivity contribution < 1.29 is 13.2 Å². The van der Waals surface area contributed by atoms with E-state index in [-0.39, 0.29) is 24.7 Å². The lowest BCUT2D eigenvalue weighted by Crippen LogP contribution is -2.53. The first-order chi connectivity index (χ1) is 17.8. The molecule has 1 aliphatic carbocycles. The number of nitriles is 1. The standard InChI is InChI=1S/C28H27ClN4O3S/c29-22-8-7-21-16-32(37(35,36)19-27(17-30)9-3-4-10-27)18-28(24(21)13-22)11-12-33(26(28)34)25-15-31-14-20-5-1-2-6-23(20)25/h1-2,5-8,13-15H,3-4,9-12,16,18-19H2. The van der Waals surface area contributed by atoms with Crippen LogP contribution in [0.25, 0.3) is 10.8 Å². The van der Waals surface area contributed by atoms with Crippen LogP contribution in [0.3, 0.4) is 0 Å². The summed E-state index contributed by atoms with van der Waals surface area (Å²) < 4.78 is 29.0. The molecule has 1 spiro atoms. The van der Waals surface area contributed by atoms with Crippen molar-refractivity contribution in [2.75, 3.05) is 23.7 Å². The van der Waals surface area contributed by atoms with Gasteiger partial charge < -0.3 is 4.90 Å². The average molecular weight is 535 g/mol. The van der Waals surface area contributed by atoms with Crippen LogP contribution in [0.2, 0.25) is 5.02 Å². The molecule has 7 nitrogen and oxygen atoms in total. The van der Waals surface area contributed by atoms with Gasteiger partial charge in [-0.2, -0.15) is 9.57 Å². The summed E-state index contributed by atoms with van der Waals surface area (Å²) in [7, 11) is -3.80. The lowest BCUT2D eigenvalue weighted by atomic mass is 9.74. The topological polar surface area (TPSA) is 94.4 Å². The van der Waals surface area contributed by atoms with E-state index >= 15 is 0 Å². The number of nitrogens with zero attached hydrogens (tertiary/aromatic N) is 4. The molecule has 6 rings (SSSR count). The van der Waals surface area contributed by atoms with Gasteiger partial charge in [-0.15, -0.1) is 0 Å². The molecule has 3 aromatic rings. The quantitative estimate of drug-likeness (QED) is 0.479. The van der Waals surface area contributed by atoms with Crippen molar-refractivity contribution in [1.82, 2.24) is 9.29 Å². The number of sulfonamides is 1. The molecule has 2 aromatic carbocycles. The number of hydrogen-bond donors (Lipinski definition) is 0. The van der Waals surface area contributed by atoms with E-state index in [1.54, 1.807) is 23.4 Å². The minimum Gasteiger partial charge on any atom is -0.309 e. The van der Waals surface area contributed by atoms with Gasteiger partial charge in [0.15, 0.2) is 0 Å². The minimum absolute atomic E-state index is 0.0394. The number of pyridine rings is 1. The zero-order chi connectivity index (χ0) is 25.8. The second-order valence-electron chi connectivity index (χ2n) is 10.6. The Hall–Kier alpha value is -2.99. The summed E-state index contributed by atoms with van der Waals surface area (Å²) in [5.41, 5.74) is 0.383. The third-order valence-electron chi connectivity index (χ3n) is 8.39. The largest absolute Gasteiger partial charge is 0.309 e. The maximum Gasteiger partial charge on any atom is 0.239 e. The molecule has 1 atom stereocenters.